The van der Waals surface area contributed by atoms with E-state index < -0.39 is 0 Å². The summed E-state index contributed by atoms with van der Waals surface area (Å²) >= 11 is 0. The minimum Gasteiger partial charge on any atom is -0.321 e. The molecule has 1 aromatic heterocycles. The van der Waals surface area contributed by atoms with Crippen LogP contribution in [0, 0.1) is 0 Å². The first-order valence-electron chi connectivity index (χ1n) is 4.01. The molecule has 2 heterocycles. The highest BCUT2D eigenvalue weighted by Crippen LogP contribution is 2.18. The first-order chi connectivity index (χ1) is 5.38. The molecule has 11 heavy (non-hydrogen) atoms. The molecule has 0 unspecified atom stereocenters. The zero-order valence-corrected chi connectivity index (χ0v) is 6.40. The SMILES string of the molecule is N[C@@H]1CCCCn2cnnc21. The van der Waals surface area contributed by atoms with E-state index in [-0.39, 0.29) is 6.04 Å². The van der Waals surface area contributed by atoms with E-state index >= 15 is 0 Å². The summed E-state index contributed by atoms with van der Waals surface area (Å²) < 4.78 is 2.05. The number of hydrogen-bond donors (Lipinski definition) is 1. The number of aromatic nitrogens is 3. The van der Waals surface area contributed by atoms with E-state index in [1.165, 1.54) is 12.8 Å². The number of hydrogen-bond acceptors (Lipinski definition) is 3. The third-order valence-electron chi connectivity index (χ3n) is 2.14. The lowest BCUT2D eigenvalue weighted by molar-refractivity contribution is 0.600. The molecule has 1 aliphatic rings. The first kappa shape index (κ1) is 6.79. The van der Waals surface area contributed by atoms with Crippen molar-refractivity contribution in [1.82, 2.24) is 14.8 Å². The third-order valence-corrected chi connectivity index (χ3v) is 2.14. The predicted octanol–water partition coefficient (Wildman–Crippen LogP) is 0.462. The molecule has 60 valence electrons. The fourth-order valence-corrected chi connectivity index (χ4v) is 1.50. The predicted molar refractivity (Wildman–Crippen MR) is 40.8 cm³/mol. The number of rotatable bonds is 0. The second-order valence-corrected chi connectivity index (χ2v) is 2.98. The highest BCUT2D eigenvalue weighted by Gasteiger charge is 2.15. The van der Waals surface area contributed by atoms with Crippen molar-refractivity contribution in [2.24, 2.45) is 5.73 Å². The maximum atomic E-state index is 5.87. The first-order valence-corrected chi connectivity index (χ1v) is 4.01. The molecule has 0 saturated heterocycles. The lowest BCUT2D eigenvalue weighted by Crippen LogP contribution is -2.13. The summed E-state index contributed by atoms with van der Waals surface area (Å²) in [6.45, 7) is 1.02. The van der Waals surface area contributed by atoms with Crippen molar-refractivity contribution in [2.75, 3.05) is 0 Å². The fourth-order valence-electron chi connectivity index (χ4n) is 1.50. The second-order valence-electron chi connectivity index (χ2n) is 2.98. The Morgan fingerprint density at radius 1 is 1.55 bits per heavy atom. The average Bonchev–Trinajstić information content (AvgIpc) is 2.40. The van der Waals surface area contributed by atoms with E-state index in [4.69, 9.17) is 5.73 Å². The third kappa shape index (κ3) is 1.14. The van der Waals surface area contributed by atoms with Gasteiger partial charge in [-0.25, -0.2) is 0 Å². The molecule has 1 atom stereocenters. The zero-order chi connectivity index (χ0) is 7.68. The Kier molecular flexibility index (Phi) is 1.62. The van der Waals surface area contributed by atoms with Gasteiger partial charge in [0.1, 0.15) is 12.2 Å². The quantitative estimate of drug-likeness (QED) is 0.587. The molecule has 0 aromatic carbocycles. The van der Waals surface area contributed by atoms with E-state index in [0.29, 0.717) is 0 Å². The molecule has 0 fully saturated rings. The molecule has 2 rings (SSSR count). The number of aryl methyl sites for hydroxylation is 1. The van der Waals surface area contributed by atoms with Crippen molar-refractivity contribution in [2.45, 2.75) is 31.8 Å². The summed E-state index contributed by atoms with van der Waals surface area (Å²) in [6, 6.07) is 0.0972. The van der Waals surface area contributed by atoms with Gasteiger partial charge in [0.05, 0.1) is 6.04 Å². The van der Waals surface area contributed by atoms with E-state index in [0.717, 1.165) is 18.8 Å². The van der Waals surface area contributed by atoms with Crippen LogP contribution < -0.4 is 5.73 Å². The average molecular weight is 152 g/mol. The van der Waals surface area contributed by atoms with Crippen molar-refractivity contribution in [3.63, 3.8) is 0 Å². The Morgan fingerprint density at radius 2 is 2.45 bits per heavy atom. The standard InChI is InChI=1S/C7H12N4/c8-6-3-1-2-4-11-5-9-10-7(6)11/h5-6H,1-4,8H2/t6-/m1/s1. The van der Waals surface area contributed by atoms with E-state index in [2.05, 4.69) is 14.8 Å². The molecular weight excluding hydrogens is 140 g/mol. The van der Waals surface area contributed by atoms with Crippen molar-refractivity contribution >= 4 is 0 Å². The lowest BCUT2D eigenvalue weighted by Gasteiger charge is -2.05. The Hall–Kier alpha value is -0.900. The normalized spacial score (nSPS) is 24.3. The molecule has 0 amide bonds. The number of fused-ring (bicyclic) bond motifs is 1. The van der Waals surface area contributed by atoms with Gasteiger partial charge in [-0.3, -0.25) is 0 Å². The molecule has 0 bridgehead atoms. The van der Waals surface area contributed by atoms with Gasteiger partial charge in [-0.05, 0) is 19.3 Å². The van der Waals surface area contributed by atoms with Crippen molar-refractivity contribution in [3.8, 4) is 0 Å². The van der Waals surface area contributed by atoms with Crippen molar-refractivity contribution in [1.29, 1.82) is 0 Å². The number of nitrogens with zero attached hydrogens (tertiary/aromatic N) is 3. The molecule has 0 radical (unpaired) electrons. The molecular formula is C7H12N4. The maximum absolute atomic E-state index is 5.87. The lowest BCUT2D eigenvalue weighted by atomic mass is 10.1. The van der Waals surface area contributed by atoms with Crippen LogP contribution in [0.25, 0.3) is 0 Å². The van der Waals surface area contributed by atoms with Crippen molar-refractivity contribution < 1.29 is 0 Å². The minimum absolute atomic E-state index is 0.0972. The molecule has 2 N–H and O–H groups in total. The molecule has 0 aliphatic carbocycles. The Morgan fingerprint density at radius 3 is 3.36 bits per heavy atom. The molecule has 4 nitrogen and oxygen atoms in total. The highest BCUT2D eigenvalue weighted by atomic mass is 15.3. The minimum atomic E-state index is 0.0972. The maximum Gasteiger partial charge on any atom is 0.149 e. The van der Waals surface area contributed by atoms with Gasteiger partial charge >= 0.3 is 0 Å². The van der Waals surface area contributed by atoms with Gasteiger partial charge in [-0.15, -0.1) is 10.2 Å². The fraction of sp³-hybridized carbons (Fsp3) is 0.714. The van der Waals surface area contributed by atoms with Crippen LogP contribution in [0.4, 0.5) is 0 Å². The summed E-state index contributed by atoms with van der Waals surface area (Å²) in [6.07, 6.45) is 5.20. The highest BCUT2D eigenvalue weighted by molar-refractivity contribution is 4.94. The van der Waals surface area contributed by atoms with Gasteiger partial charge in [0, 0.05) is 6.54 Å². The molecule has 4 heteroatoms. The van der Waals surface area contributed by atoms with Crippen LogP contribution in [0.15, 0.2) is 6.33 Å². The van der Waals surface area contributed by atoms with Gasteiger partial charge in [0.15, 0.2) is 0 Å². The van der Waals surface area contributed by atoms with Crippen LogP contribution in [0.2, 0.25) is 0 Å². The molecule has 1 aromatic rings. The largest absolute Gasteiger partial charge is 0.321 e. The summed E-state index contributed by atoms with van der Waals surface area (Å²) in [5, 5.41) is 7.81. The Balaban J connectivity index is 2.34. The molecule has 0 spiro atoms. The number of nitrogens with two attached hydrogens (primary N) is 1. The van der Waals surface area contributed by atoms with E-state index in [1.807, 2.05) is 0 Å². The van der Waals surface area contributed by atoms with Gasteiger partial charge in [0.25, 0.3) is 0 Å². The topological polar surface area (TPSA) is 56.7 Å². The van der Waals surface area contributed by atoms with Gasteiger partial charge in [-0.1, -0.05) is 0 Å². The van der Waals surface area contributed by atoms with Crippen LogP contribution in [-0.4, -0.2) is 14.8 Å². The van der Waals surface area contributed by atoms with Crippen LogP contribution in [0.1, 0.15) is 31.1 Å². The van der Waals surface area contributed by atoms with Gasteiger partial charge in [-0.2, -0.15) is 0 Å². The summed E-state index contributed by atoms with van der Waals surface area (Å²) in [5.74, 6) is 0.947. The second kappa shape index (κ2) is 2.62. The van der Waals surface area contributed by atoms with Crippen LogP contribution in [0.5, 0.6) is 0 Å². The Bertz CT molecular complexity index is 242. The van der Waals surface area contributed by atoms with Gasteiger partial charge < -0.3 is 10.3 Å². The van der Waals surface area contributed by atoms with Crippen LogP contribution >= 0.6 is 0 Å². The van der Waals surface area contributed by atoms with Crippen molar-refractivity contribution in [3.05, 3.63) is 12.2 Å². The summed E-state index contributed by atoms with van der Waals surface area (Å²) in [4.78, 5) is 0. The molecule has 1 aliphatic heterocycles. The molecule has 0 saturated carbocycles. The monoisotopic (exact) mass is 152 g/mol. The smallest absolute Gasteiger partial charge is 0.149 e. The van der Waals surface area contributed by atoms with Gasteiger partial charge in [0.2, 0.25) is 0 Å². The summed E-state index contributed by atoms with van der Waals surface area (Å²) in [5.41, 5.74) is 5.87. The van der Waals surface area contributed by atoms with E-state index in [1.54, 1.807) is 6.33 Å². The summed E-state index contributed by atoms with van der Waals surface area (Å²) in [7, 11) is 0. The zero-order valence-electron chi connectivity index (χ0n) is 6.40. The Labute approximate surface area is 65.4 Å². The van der Waals surface area contributed by atoms with Crippen LogP contribution in [-0.2, 0) is 6.54 Å². The van der Waals surface area contributed by atoms with E-state index in [9.17, 15) is 0 Å². The van der Waals surface area contributed by atoms with Crippen LogP contribution in [0.3, 0.4) is 0 Å².